The molecule has 2 heterocycles. The summed E-state index contributed by atoms with van der Waals surface area (Å²) in [7, 11) is 3.55. The number of benzene rings is 1. The molecule has 3 rings (SSSR count). The van der Waals surface area contributed by atoms with Crippen LogP contribution in [-0.2, 0) is 11.8 Å². The van der Waals surface area contributed by atoms with Crippen LogP contribution in [0.1, 0.15) is 25.7 Å². The van der Waals surface area contributed by atoms with Crippen LogP contribution < -0.4 is 15.4 Å². The van der Waals surface area contributed by atoms with E-state index in [1.807, 2.05) is 31.6 Å². The van der Waals surface area contributed by atoms with E-state index in [1.165, 1.54) is 0 Å². The lowest BCUT2D eigenvalue weighted by Gasteiger charge is -2.37. The molecule has 1 aromatic carbocycles. The van der Waals surface area contributed by atoms with Crippen molar-refractivity contribution in [3.8, 4) is 16.9 Å². The molecule has 8 nitrogen and oxygen atoms in total. The average molecular weight is 402 g/mol. The fourth-order valence-corrected chi connectivity index (χ4v) is 3.82. The first-order valence-corrected chi connectivity index (χ1v) is 10.1. The first-order valence-electron chi connectivity index (χ1n) is 10.1. The van der Waals surface area contributed by atoms with E-state index in [4.69, 9.17) is 15.6 Å². The molecule has 2 aromatic rings. The van der Waals surface area contributed by atoms with E-state index < -0.39 is 5.97 Å². The van der Waals surface area contributed by atoms with Gasteiger partial charge in [0.15, 0.2) is 0 Å². The van der Waals surface area contributed by atoms with Crippen molar-refractivity contribution >= 4 is 17.3 Å². The monoisotopic (exact) mass is 401 g/mol. The number of hydrogen-bond acceptors (Lipinski definition) is 6. The number of unbranched alkanes of at least 4 members (excludes halogenated alkanes) is 2. The van der Waals surface area contributed by atoms with Crippen LogP contribution in [0.3, 0.4) is 0 Å². The Hall–Kier alpha value is -2.74. The van der Waals surface area contributed by atoms with Crippen molar-refractivity contribution in [2.24, 2.45) is 7.05 Å². The molecule has 0 unspecified atom stereocenters. The van der Waals surface area contributed by atoms with Crippen LogP contribution in [0.15, 0.2) is 24.5 Å². The SMILES string of the molecule is COc1cc(N2CCN(CCCCCC(=O)O)CC2)c(-c2cnn(C)c2)cc1N. The van der Waals surface area contributed by atoms with Crippen LogP contribution in [0, 0.1) is 0 Å². The Bertz CT molecular complexity index is 828. The number of piperazine rings is 1. The zero-order chi connectivity index (χ0) is 20.8. The number of anilines is 2. The summed E-state index contributed by atoms with van der Waals surface area (Å²) >= 11 is 0. The van der Waals surface area contributed by atoms with E-state index >= 15 is 0 Å². The topological polar surface area (TPSA) is 96.9 Å². The van der Waals surface area contributed by atoms with Crippen molar-refractivity contribution in [2.75, 3.05) is 50.5 Å². The average Bonchev–Trinajstić information content (AvgIpc) is 3.14. The summed E-state index contributed by atoms with van der Waals surface area (Å²) in [5.41, 5.74) is 10.0. The van der Waals surface area contributed by atoms with Crippen molar-refractivity contribution in [1.82, 2.24) is 14.7 Å². The quantitative estimate of drug-likeness (QED) is 0.492. The van der Waals surface area contributed by atoms with Crippen LogP contribution in [0.5, 0.6) is 5.75 Å². The maximum Gasteiger partial charge on any atom is 0.303 e. The molecule has 1 fully saturated rings. The molecule has 29 heavy (non-hydrogen) atoms. The summed E-state index contributed by atoms with van der Waals surface area (Å²) in [4.78, 5) is 15.4. The van der Waals surface area contributed by atoms with Gasteiger partial charge in [0.05, 0.1) is 19.0 Å². The van der Waals surface area contributed by atoms with Crippen LogP contribution in [0.25, 0.3) is 11.1 Å². The van der Waals surface area contributed by atoms with Gasteiger partial charge in [0, 0.05) is 68.7 Å². The number of carboxylic acid groups (broad SMARTS) is 1. The molecule has 0 spiro atoms. The number of nitrogen functional groups attached to an aromatic ring is 1. The second-order valence-electron chi connectivity index (χ2n) is 7.55. The van der Waals surface area contributed by atoms with Gasteiger partial charge in [0.2, 0.25) is 0 Å². The zero-order valence-corrected chi connectivity index (χ0v) is 17.3. The fourth-order valence-electron chi connectivity index (χ4n) is 3.82. The van der Waals surface area contributed by atoms with E-state index in [0.29, 0.717) is 11.4 Å². The minimum absolute atomic E-state index is 0.268. The van der Waals surface area contributed by atoms with Crippen molar-refractivity contribution in [3.63, 3.8) is 0 Å². The molecular weight excluding hydrogens is 370 g/mol. The van der Waals surface area contributed by atoms with Crippen LogP contribution >= 0.6 is 0 Å². The molecule has 0 aliphatic carbocycles. The number of nitrogens with two attached hydrogens (primary N) is 1. The highest BCUT2D eigenvalue weighted by Gasteiger charge is 2.21. The number of nitrogens with zero attached hydrogens (tertiary/aromatic N) is 4. The Morgan fingerprint density at radius 3 is 2.59 bits per heavy atom. The smallest absolute Gasteiger partial charge is 0.303 e. The van der Waals surface area contributed by atoms with E-state index in [2.05, 4.69) is 14.9 Å². The van der Waals surface area contributed by atoms with Crippen LogP contribution in [-0.4, -0.2) is 65.6 Å². The molecule has 1 saturated heterocycles. The highest BCUT2D eigenvalue weighted by Crippen LogP contribution is 2.38. The Morgan fingerprint density at radius 2 is 1.97 bits per heavy atom. The van der Waals surface area contributed by atoms with E-state index in [0.717, 1.165) is 68.8 Å². The molecule has 0 bridgehead atoms. The molecule has 8 heteroatoms. The van der Waals surface area contributed by atoms with Gasteiger partial charge in [-0.05, 0) is 25.5 Å². The summed E-state index contributed by atoms with van der Waals surface area (Å²) < 4.78 is 7.26. The molecule has 0 amide bonds. The summed E-state index contributed by atoms with van der Waals surface area (Å²) in [6, 6.07) is 4.00. The van der Waals surface area contributed by atoms with Gasteiger partial charge < -0.3 is 20.5 Å². The van der Waals surface area contributed by atoms with Gasteiger partial charge in [0.1, 0.15) is 5.75 Å². The third-order valence-corrected chi connectivity index (χ3v) is 5.44. The number of aryl methyl sites for hydroxylation is 1. The van der Waals surface area contributed by atoms with Gasteiger partial charge in [-0.25, -0.2) is 0 Å². The minimum atomic E-state index is -0.707. The Balaban J connectivity index is 1.64. The Morgan fingerprint density at radius 1 is 1.21 bits per heavy atom. The standard InChI is InChI=1S/C21H31N5O3/c1-24-15-16(14-23-24)17-12-18(22)20(29-2)13-19(17)26-10-8-25(9-11-26)7-5-3-4-6-21(27)28/h12-15H,3-11,22H2,1-2H3,(H,27,28). The van der Waals surface area contributed by atoms with Crippen LogP contribution in [0.4, 0.5) is 11.4 Å². The van der Waals surface area contributed by atoms with E-state index in [1.54, 1.807) is 11.8 Å². The van der Waals surface area contributed by atoms with Crippen molar-refractivity contribution in [3.05, 3.63) is 24.5 Å². The predicted molar refractivity (Wildman–Crippen MR) is 114 cm³/mol. The molecule has 158 valence electrons. The fraction of sp³-hybridized carbons (Fsp3) is 0.524. The molecule has 0 saturated carbocycles. The van der Waals surface area contributed by atoms with Crippen LogP contribution in [0.2, 0.25) is 0 Å². The summed E-state index contributed by atoms with van der Waals surface area (Å²) in [6.07, 6.45) is 6.89. The van der Waals surface area contributed by atoms with Gasteiger partial charge >= 0.3 is 5.97 Å². The van der Waals surface area contributed by atoms with Crippen molar-refractivity contribution < 1.29 is 14.6 Å². The van der Waals surface area contributed by atoms with E-state index in [9.17, 15) is 4.79 Å². The number of hydrogen-bond donors (Lipinski definition) is 2. The second-order valence-corrected chi connectivity index (χ2v) is 7.55. The molecular formula is C21H31N5O3. The lowest BCUT2D eigenvalue weighted by molar-refractivity contribution is -0.137. The number of carbonyl (C=O) groups is 1. The highest BCUT2D eigenvalue weighted by atomic mass is 16.5. The number of methoxy groups -OCH3 is 1. The number of carboxylic acids is 1. The summed E-state index contributed by atoms with van der Waals surface area (Å²) in [5, 5.41) is 13.0. The molecule has 1 aromatic heterocycles. The normalized spacial score (nSPS) is 14.9. The molecule has 0 atom stereocenters. The Labute approximate surface area is 171 Å². The largest absolute Gasteiger partial charge is 0.495 e. The summed E-state index contributed by atoms with van der Waals surface area (Å²) in [5.74, 6) is -0.0181. The van der Waals surface area contributed by atoms with Gasteiger partial charge in [-0.2, -0.15) is 5.10 Å². The lowest BCUT2D eigenvalue weighted by Crippen LogP contribution is -2.46. The number of ether oxygens (including phenoxy) is 1. The molecule has 3 N–H and O–H groups in total. The third kappa shape index (κ3) is 5.41. The highest BCUT2D eigenvalue weighted by molar-refractivity contribution is 5.83. The first-order chi connectivity index (χ1) is 14.0. The third-order valence-electron chi connectivity index (χ3n) is 5.44. The van der Waals surface area contributed by atoms with Crippen molar-refractivity contribution in [1.29, 1.82) is 0 Å². The van der Waals surface area contributed by atoms with Gasteiger partial charge in [0.25, 0.3) is 0 Å². The molecule has 0 radical (unpaired) electrons. The second kappa shape index (κ2) is 9.65. The van der Waals surface area contributed by atoms with Gasteiger partial charge in [-0.15, -0.1) is 0 Å². The number of aliphatic carboxylic acids is 1. The first kappa shape index (κ1) is 21.0. The number of rotatable bonds is 9. The Kier molecular flexibility index (Phi) is 6.98. The van der Waals surface area contributed by atoms with E-state index in [-0.39, 0.29) is 6.42 Å². The van der Waals surface area contributed by atoms with Gasteiger partial charge in [-0.1, -0.05) is 6.42 Å². The summed E-state index contributed by atoms with van der Waals surface area (Å²) in [6.45, 7) is 4.84. The van der Waals surface area contributed by atoms with Crippen molar-refractivity contribution in [2.45, 2.75) is 25.7 Å². The minimum Gasteiger partial charge on any atom is -0.495 e. The maximum absolute atomic E-state index is 10.6. The predicted octanol–water partition coefficient (Wildman–Crippen LogP) is 2.44. The number of aromatic nitrogens is 2. The molecule has 1 aliphatic rings. The zero-order valence-electron chi connectivity index (χ0n) is 17.3. The lowest BCUT2D eigenvalue weighted by atomic mass is 10.0. The van der Waals surface area contributed by atoms with Gasteiger partial charge in [-0.3, -0.25) is 14.4 Å². The molecule has 1 aliphatic heterocycles. The maximum atomic E-state index is 10.6.